The summed E-state index contributed by atoms with van der Waals surface area (Å²) in [5.74, 6) is 0.902. The van der Waals surface area contributed by atoms with Crippen molar-refractivity contribution in [2.75, 3.05) is 0 Å². The Labute approximate surface area is 138 Å². The summed E-state index contributed by atoms with van der Waals surface area (Å²) in [6.07, 6.45) is 9.94. The number of nitrogens with one attached hydrogen (secondary N) is 1. The van der Waals surface area contributed by atoms with Crippen molar-refractivity contribution in [2.24, 2.45) is 5.92 Å². The molecule has 5 rings (SSSR count). The largest absolute Gasteiger partial charge is 0.358 e. The number of hydrogen-bond acceptors (Lipinski definition) is 0. The van der Waals surface area contributed by atoms with Gasteiger partial charge in [-0.2, -0.15) is 0 Å². The molecule has 1 N–H and O–H groups in total. The predicted molar refractivity (Wildman–Crippen MR) is 97.1 cm³/mol. The summed E-state index contributed by atoms with van der Waals surface area (Å²) < 4.78 is 0. The van der Waals surface area contributed by atoms with Crippen LogP contribution >= 0.6 is 0 Å². The molecule has 0 saturated heterocycles. The molecule has 2 fully saturated rings. The normalized spacial score (nSPS) is 21.1. The van der Waals surface area contributed by atoms with Gasteiger partial charge in [-0.25, -0.2) is 0 Å². The summed E-state index contributed by atoms with van der Waals surface area (Å²) >= 11 is 0. The second-order valence-electron chi connectivity index (χ2n) is 7.84. The van der Waals surface area contributed by atoms with Crippen LogP contribution in [-0.4, -0.2) is 4.98 Å². The topological polar surface area (TPSA) is 15.8 Å². The summed E-state index contributed by atoms with van der Waals surface area (Å²) in [4.78, 5) is 3.75. The Bertz CT molecular complexity index is 830. The third-order valence-corrected chi connectivity index (χ3v) is 6.71. The summed E-state index contributed by atoms with van der Waals surface area (Å²) in [6.45, 7) is 2.18. The highest BCUT2D eigenvalue weighted by Crippen LogP contribution is 2.59. The minimum Gasteiger partial charge on any atom is -0.358 e. The van der Waals surface area contributed by atoms with Gasteiger partial charge in [0.25, 0.3) is 0 Å². The van der Waals surface area contributed by atoms with E-state index in [-0.39, 0.29) is 0 Å². The predicted octanol–water partition coefficient (Wildman–Crippen LogP) is 6.19. The number of aromatic nitrogens is 1. The summed E-state index contributed by atoms with van der Waals surface area (Å²) in [6, 6.07) is 13.6. The fourth-order valence-electron chi connectivity index (χ4n) is 5.51. The van der Waals surface area contributed by atoms with E-state index in [1.54, 1.807) is 5.56 Å². The van der Waals surface area contributed by atoms with E-state index in [4.69, 9.17) is 0 Å². The molecular formula is C22H25N. The number of aryl methyl sites for hydroxylation is 1. The average molecular weight is 303 g/mol. The van der Waals surface area contributed by atoms with Gasteiger partial charge in [-0.3, -0.25) is 0 Å². The number of pyridine rings is 1. The van der Waals surface area contributed by atoms with Crippen molar-refractivity contribution >= 4 is 10.8 Å². The maximum Gasteiger partial charge on any atom is 0.0506 e. The number of fused-ring (bicyclic) bond motifs is 3. The number of H-pyrrole nitrogens is 1. The minimum atomic E-state index is 0.447. The first-order valence-electron chi connectivity index (χ1n) is 9.30. The van der Waals surface area contributed by atoms with E-state index in [9.17, 15) is 0 Å². The first kappa shape index (κ1) is 13.7. The van der Waals surface area contributed by atoms with Crippen LogP contribution in [-0.2, 0) is 5.41 Å². The van der Waals surface area contributed by atoms with Crippen LogP contribution in [0, 0.1) is 12.8 Å². The second-order valence-corrected chi connectivity index (χ2v) is 7.84. The molecule has 0 aromatic heterocycles. The molecule has 1 heteroatoms. The first-order chi connectivity index (χ1) is 11.3. The maximum atomic E-state index is 3.75. The molecule has 1 nitrogen and oxygen atoms in total. The molecule has 1 aliphatic heterocycles. The van der Waals surface area contributed by atoms with Crippen LogP contribution < -0.4 is 0 Å². The van der Waals surface area contributed by atoms with Crippen LogP contribution in [0.15, 0.2) is 36.4 Å². The summed E-state index contributed by atoms with van der Waals surface area (Å²) in [7, 11) is 0. The van der Waals surface area contributed by atoms with Crippen molar-refractivity contribution in [2.45, 2.75) is 57.3 Å². The van der Waals surface area contributed by atoms with Crippen LogP contribution in [0.5, 0.6) is 0 Å². The van der Waals surface area contributed by atoms with Crippen LogP contribution in [0.2, 0.25) is 0 Å². The van der Waals surface area contributed by atoms with Crippen LogP contribution in [0.25, 0.3) is 22.0 Å². The number of hydrogen-bond donors (Lipinski definition) is 1. The van der Waals surface area contributed by atoms with Crippen molar-refractivity contribution in [3.63, 3.8) is 0 Å². The van der Waals surface area contributed by atoms with Gasteiger partial charge in [0, 0.05) is 16.7 Å². The van der Waals surface area contributed by atoms with Gasteiger partial charge in [-0.1, -0.05) is 49.6 Å². The third-order valence-electron chi connectivity index (χ3n) is 6.71. The van der Waals surface area contributed by atoms with Crippen molar-refractivity contribution < 1.29 is 0 Å². The molecule has 0 bridgehead atoms. The highest BCUT2D eigenvalue weighted by atomic mass is 14.7. The maximum absolute atomic E-state index is 3.75. The van der Waals surface area contributed by atoms with Crippen LogP contribution in [0.1, 0.15) is 56.2 Å². The van der Waals surface area contributed by atoms with E-state index in [1.165, 1.54) is 72.7 Å². The van der Waals surface area contributed by atoms with E-state index < -0.39 is 0 Å². The van der Waals surface area contributed by atoms with E-state index in [0.717, 1.165) is 5.92 Å². The van der Waals surface area contributed by atoms with Gasteiger partial charge in [0.2, 0.25) is 0 Å². The Morgan fingerprint density at radius 3 is 2.35 bits per heavy atom. The molecule has 1 heterocycles. The van der Waals surface area contributed by atoms with Gasteiger partial charge >= 0.3 is 0 Å². The lowest BCUT2D eigenvalue weighted by Gasteiger charge is -2.48. The Kier molecular flexibility index (Phi) is 2.89. The highest BCUT2D eigenvalue weighted by molar-refractivity contribution is 6.05. The SMILES string of the molecule is Cc1ccc2c3ccccc3c(C3(C4CCCC4)CCC3)c-2[nH]1. The number of aromatic amines is 1. The smallest absolute Gasteiger partial charge is 0.0506 e. The standard InChI is InChI=1S/C22H25N/c1-15-11-12-19-17-9-4-5-10-18(17)20(21(19)23-15)22(13-6-14-22)16-7-2-3-8-16/h4-5,9-12,16,23H,2-3,6-8,13-14H2,1H3. The van der Waals surface area contributed by atoms with Crippen molar-refractivity contribution in [3.05, 3.63) is 47.7 Å². The fourth-order valence-corrected chi connectivity index (χ4v) is 5.51. The Balaban J connectivity index is 1.83. The molecular weight excluding hydrogens is 278 g/mol. The number of benzene rings is 1. The molecule has 23 heavy (non-hydrogen) atoms. The zero-order chi connectivity index (χ0) is 15.4. The minimum absolute atomic E-state index is 0.447. The Morgan fingerprint density at radius 2 is 1.65 bits per heavy atom. The Morgan fingerprint density at radius 1 is 0.913 bits per heavy atom. The third kappa shape index (κ3) is 1.80. The second kappa shape index (κ2) is 4.87. The molecule has 0 unspecified atom stereocenters. The van der Waals surface area contributed by atoms with E-state index >= 15 is 0 Å². The van der Waals surface area contributed by atoms with Gasteiger partial charge in [0.1, 0.15) is 0 Å². The molecule has 2 saturated carbocycles. The Hall–Kier alpha value is -1.76. The lowest BCUT2D eigenvalue weighted by molar-refractivity contribution is 0.150. The zero-order valence-corrected chi connectivity index (χ0v) is 14.0. The van der Waals surface area contributed by atoms with Gasteiger partial charge in [0.05, 0.1) is 5.69 Å². The van der Waals surface area contributed by atoms with Crippen molar-refractivity contribution in [1.29, 1.82) is 0 Å². The molecule has 118 valence electrons. The quantitative estimate of drug-likeness (QED) is 0.580. The molecule has 1 aromatic rings. The van der Waals surface area contributed by atoms with Crippen molar-refractivity contribution in [1.82, 2.24) is 4.98 Å². The van der Waals surface area contributed by atoms with Gasteiger partial charge < -0.3 is 4.98 Å². The summed E-state index contributed by atoms with van der Waals surface area (Å²) in [5, 5.41) is 2.95. The monoisotopic (exact) mass is 303 g/mol. The first-order valence-corrected chi connectivity index (χ1v) is 9.30. The lowest BCUT2D eigenvalue weighted by atomic mass is 9.56. The van der Waals surface area contributed by atoms with Gasteiger partial charge in [-0.15, -0.1) is 0 Å². The van der Waals surface area contributed by atoms with E-state index in [2.05, 4.69) is 48.3 Å². The molecule has 0 atom stereocenters. The summed E-state index contributed by atoms with van der Waals surface area (Å²) in [5.41, 5.74) is 6.23. The van der Waals surface area contributed by atoms with Crippen LogP contribution in [0.4, 0.5) is 0 Å². The lowest BCUT2D eigenvalue weighted by Crippen LogP contribution is -2.41. The molecule has 4 aliphatic rings. The van der Waals surface area contributed by atoms with E-state index in [1.807, 2.05) is 0 Å². The molecule has 0 radical (unpaired) electrons. The molecule has 3 aliphatic carbocycles. The van der Waals surface area contributed by atoms with Gasteiger partial charge in [-0.05, 0) is 60.9 Å². The van der Waals surface area contributed by atoms with Crippen LogP contribution in [0.3, 0.4) is 0 Å². The molecule has 0 spiro atoms. The van der Waals surface area contributed by atoms with Gasteiger partial charge in [0.15, 0.2) is 0 Å². The average Bonchev–Trinajstić information content (AvgIpc) is 3.14. The zero-order valence-electron chi connectivity index (χ0n) is 14.0. The number of rotatable bonds is 2. The van der Waals surface area contributed by atoms with E-state index in [0.29, 0.717) is 5.41 Å². The fraction of sp³-hybridized carbons (Fsp3) is 0.455. The van der Waals surface area contributed by atoms with Crippen molar-refractivity contribution in [3.8, 4) is 11.3 Å². The molecule has 1 aromatic carbocycles. The highest BCUT2D eigenvalue weighted by Gasteiger charge is 2.48. The molecule has 0 amide bonds.